The van der Waals surface area contributed by atoms with Crippen LogP contribution in [0.3, 0.4) is 0 Å². The SMILES string of the molecule is COC(=O)c1cc(C)sc1NC(=O)CN(C)C1CCCCC1. The summed E-state index contributed by atoms with van der Waals surface area (Å²) in [5.41, 5.74) is 0.429. The molecule has 1 N–H and O–H groups in total. The average Bonchev–Trinajstić information content (AvgIpc) is 2.87. The lowest BCUT2D eigenvalue weighted by Crippen LogP contribution is -2.39. The van der Waals surface area contributed by atoms with Gasteiger partial charge in [-0.15, -0.1) is 11.3 Å². The van der Waals surface area contributed by atoms with E-state index in [2.05, 4.69) is 10.2 Å². The molecule has 0 unspecified atom stereocenters. The lowest BCUT2D eigenvalue weighted by Gasteiger charge is -2.30. The highest BCUT2D eigenvalue weighted by atomic mass is 32.1. The molecule has 1 saturated carbocycles. The van der Waals surface area contributed by atoms with Gasteiger partial charge in [0.05, 0.1) is 19.2 Å². The van der Waals surface area contributed by atoms with Crippen molar-refractivity contribution in [3.05, 3.63) is 16.5 Å². The van der Waals surface area contributed by atoms with Gasteiger partial charge in [0, 0.05) is 10.9 Å². The maximum absolute atomic E-state index is 12.2. The van der Waals surface area contributed by atoms with Crippen molar-refractivity contribution in [3.8, 4) is 0 Å². The average molecular weight is 324 g/mol. The van der Waals surface area contributed by atoms with Crippen LogP contribution in [0, 0.1) is 6.92 Å². The van der Waals surface area contributed by atoms with Crippen LogP contribution in [0.15, 0.2) is 6.07 Å². The van der Waals surface area contributed by atoms with Crippen LogP contribution >= 0.6 is 11.3 Å². The van der Waals surface area contributed by atoms with Crippen molar-refractivity contribution in [2.24, 2.45) is 0 Å². The van der Waals surface area contributed by atoms with Crippen molar-refractivity contribution in [3.63, 3.8) is 0 Å². The molecule has 6 heteroatoms. The predicted octanol–water partition coefficient (Wildman–Crippen LogP) is 3.05. The minimum atomic E-state index is -0.416. The molecule has 1 aliphatic carbocycles. The number of ether oxygens (including phenoxy) is 1. The maximum atomic E-state index is 12.2. The summed E-state index contributed by atoms with van der Waals surface area (Å²) in [6.45, 7) is 2.25. The Balaban J connectivity index is 1.95. The Morgan fingerprint density at radius 3 is 2.68 bits per heavy atom. The fourth-order valence-corrected chi connectivity index (χ4v) is 3.83. The summed E-state index contributed by atoms with van der Waals surface area (Å²) in [5, 5.41) is 3.43. The van der Waals surface area contributed by atoms with Crippen molar-refractivity contribution in [2.45, 2.75) is 45.1 Å². The molecule has 1 aromatic rings. The zero-order chi connectivity index (χ0) is 16.1. The number of hydrogen-bond donors (Lipinski definition) is 1. The van der Waals surface area contributed by atoms with Crippen molar-refractivity contribution in [1.29, 1.82) is 0 Å². The number of nitrogens with one attached hydrogen (secondary N) is 1. The monoisotopic (exact) mass is 324 g/mol. The summed E-state index contributed by atoms with van der Waals surface area (Å²) in [4.78, 5) is 27.0. The van der Waals surface area contributed by atoms with Crippen molar-refractivity contribution in [1.82, 2.24) is 4.90 Å². The molecule has 122 valence electrons. The minimum Gasteiger partial charge on any atom is -0.465 e. The van der Waals surface area contributed by atoms with Gasteiger partial charge in [0.15, 0.2) is 0 Å². The predicted molar refractivity (Wildman–Crippen MR) is 88.5 cm³/mol. The van der Waals surface area contributed by atoms with Crippen LogP contribution in [-0.4, -0.2) is 43.5 Å². The Hall–Kier alpha value is -1.40. The van der Waals surface area contributed by atoms with E-state index in [9.17, 15) is 9.59 Å². The Morgan fingerprint density at radius 2 is 2.05 bits per heavy atom. The second-order valence-corrected chi connectivity index (χ2v) is 7.10. The number of anilines is 1. The smallest absolute Gasteiger partial charge is 0.340 e. The van der Waals surface area contributed by atoms with E-state index in [1.807, 2.05) is 14.0 Å². The van der Waals surface area contributed by atoms with E-state index in [0.717, 1.165) is 17.7 Å². The number of carbonyl (C=O) groups excluding carboxylic acids is 2. The van der Waals surface area contributed by atoms with Gasteiger partial charge in [0.2, 0.25) is 5.91 Å². The topological polar surface area (TPSA) is 58.6 Å². The number of hydrogen-bond acceptors (Lipinski definition) is 5. The normalized spacial score (nSPS) is 15.8. The molecule has 1 aromatic heterocycles. The molecule has 2 rings (SSSR count). The zero-order valence-corrected chi connectivity index (χ0v) is 14.3. The number of likely N-dealkylation sites (N-methyl/N-ethyl adjacent to an activating group) is 1. The summed E-state index contributed by atoms with van der Waals surface area (Å²) < 4.78 is 4.75. The van der Waals surface area contributed by atoms with E-state index in [1.54, 1.807) is 6.07 Å². The Bertz CT molecular complexity index is 535. The number of aryl methyl sites for hydroxylation is 1. The van der Waals surface area contributed by atoms with Gasteiger partial charge in [0.1, 0.15) is 5.00 Å². The molecule has 0 aromatic carbocycles. The van der Waals surface area contributed by atoms with Crippen molar-refractivity contribution >= 4 is 28.2 Å². The standard InChI is InChI=1S/C16H24N2O3S/c1-11-9-13(16(20)21-3)15(22-11)17-14(19)10-18(2)12-7-5-4-6-8-12/h9,12H,4-8,10H2,1-3H3,(H,17,19). The molecule has 0 spiro atoms. The first-order chi connectivity index (χ1) is 10.5. The fourth-order valence-electron chi connectivity index (χ4n) is 2.91. The number of carbonyl (C=O) groups is 2. The Kier molecular flexibility index (Phi) is 5.97. The summed E-state index contributed by atoms with van der Waals surface area (Å²) in [7, 11) is 3.34. The molecular weight excluding hydrogens is 300 g/mol. The van der Waals surface area contributed by atoms with Gasteiger partial charge in [-0.2, -0.15) is 0 Å². The largest absolute Gasteiger partial charge is 0.465 e. The summed E-state index contributed by atoms with van der Waals surface area (Å²) in [5.74, 6) is -0.500. The van der Waals surface area contributed by atoms with Crippen LogP contribution in [0.2, 0.25) is 0 Å². The van der Waals surface area contributed by atoms with Crippen LogP contribution in [0.5, 0.6) is 0 Å². The van der Waals surface area contributed by atoms with Gasteiger partial charge in [-0.25, -0.2) is 4.79 Å². The van der Waals surface area contributed by atoms with E-state index >= 15 is 0 Å². The number of esters is 1. The van der Waals surface area contributed by atoms with E-state index < -0.39 is 5.97 Å². The first-order valence-electron chi connectivity index (χ1n) is 7.70. The number of nitrogens with zero attached hydrogens (tertiary/aromatic N) is 1. The van der Waals surface area contributed by atoms with Crippen LogP contribution in [0.1, 0.15) is 47.3 Å². The summed E-state index contributed by atoms with van der Waals surface area (Å²) >= 11 is 1.40. The summed E-state index contributed by atoms with van der Waals surface area (Å²) in [6, 6.07) is 2.24. The molecule has 22 heavy (non-hydrogen) atoms. The molecule has 0 bridgehead atoms. The van der Waals surface area contributed by atoms with Crippen LogP contribution in [0.4, 0.5) is 5.00 Å². The Labute approximate surface area is 135 Å². The quantitative estimate of drug-likeness (QED) is 0.846. The molecule has 0 aliphatic heterocycles. The molecule has 1 aliphatic rings. The molecule has 0 saturated heterocycles. The van der Waals surface area contributed by atoms with Crippen LogP contribution < -0.4 is 5.32 Å². The van der Waals surface area contributed by atoms with E-state index in [0.29, 0.717) is 23.2 Å². The number of amides is 1. The second-order valence-electron chi connectivity index (χ2n) is 5.85. The fraction of sp³-hybridized carbons (Fsp3) is 0.625. The van der Waals surface area contributed by atoms with Crippen molar-refractivity contribution < 1.29 is 14.3 Å². The Morgan fingerprint density at radius 1 is 1.36 bits per heavy atom. The molecule has 0 radical (unpaired) electrons. The molecule has 5 nitrogen and oxygen atoms in total. The molecule has 1 heterocycles. The van der Waals surface area contributed by atoms with Gasteiger partial charge in [-0.1, -0.05) is 19.3 Å². The van der Waals surface area contributed by atoms with Crippen molar-refractivity contribution in [2.75, 3.05) is 26.0 Å². The first kappa shape index (κ1) is 17.0. The van der Waals surface area contributed by atoms with E-state index in [-0.39, 0.29) is 5.91 Å². The lowest BCUT2D eigenvalue weighted by molar-refractivity contribution is -0.117. The van der Waals surface area contributed by atoms with Gasteiger partial charge in [-0.3, -0.25) is 9.69 Å². The number of methoxy groups -OCH3 is 1. The molecule has 1 amide bonds. The third kappa shape index (κ3) is 4.30. The maximum Gasteiger partial charge on any atom is 0.340 e. The van der Waals surface area contributed by atoms with Gasteiger partial charge < -0.3 is 10.1 Å². The lowest BCUT2D eigenvalue weighted by atomic mass is 9.94. The number of thiophene rings is 1. The zero-order valence-electron chi connectivity index (χ0n) is 13.5. The highest BCUT2D eigenvalue weighted by molar-refractivity contribution is 7.16. The highest BCUT2D eigenvalue weighted by Crippen LogP contribution is 2.28. The first-order valence-corrected chi connectivity index (χ1v) is 8.51. The second kappa shape index (κ2) is 7.74. The highest BCUT2D eigenvalue weighted by Gasteiger charge is 2.21. The van der Waals surface area contributed by atoms with Gasteiger partial charge in [-0.05, 0) is 32.9 Å². The van der Waals surface area contributed by atoms with Crippen LogP contribution in [-0.2, 0) is 9.53 Å². The third-order valence-electron chi connectivity index (χ3n) is 4.10. The number of rotatable bonds is 5. The van der Waals surface area contributed by atoms with E-state index in [4.69, 9.17) is 4.74 Å². The molecule has 0 atom stereocenters. The summed E-state index contributed by atoms with van der Waals surface area (Å²) in [6.07, 6.45) is 6.11. The third-order valence-corrected chi connectivity index (χ3v) is 5.07. The minimum absolute atomic E-state index is 0.0833. The van der Waals surface area contributed by atoms with Crippen LogP contribution in [0.25, 0.3) is 0 Å². The van der Waals surface area contributed by atoms with Gasteiger partial charge >= 0.3 is 5.97 Å². The molecule has 1 fully saturated rings. The van der Waals surface area contributed by atoms with E-state index in [1.165, 1.54) is 37.7 Å². The van der Waals surface area contributed by atoms with Gasteiger partial charge in [0.25, 0.3) is 0 Å². The molecular formula is C16H24N2O3S.